The SMILES string of the molecule is Cc1cc(C)cc(OCCn2cc(C=C3SC(N)=NC3=O)c3ccccc32)c1. The minimum absolute atomic E-state index is 0.280. The van der Waals surface area contributed by atoms with Crippen molar-refractivity contribution in [3.8, 4) is 5.75 Å². The van der Waals surface area contributed by atoms with Crippen LogP contribution in [0.1, 0.15) is 16.7 Å². The van der Waals surface area contributed by atoms with Crippen molar-refractivity contribution >= 4 is 39.8 Å². The number of fused-ring (bicyclic) bond motifs is 1. The van der Waals surface area contributed by atoms with Gasteiger partial charge < -0.3 is 15.0 Å². The number of ether oxygens (including phenoxy) is 1. The van der Waals surface area contributed by atoms with Crippen molar-refractivity contribution < 1.29 is 9.53 Å². The number of para-hydroxylation sites is 1. The molecule has 5 nitrogen and oxygen atoms in total. The first-order valence-electron chi connectivity index (χ1n) is 9.06. The van der Waals surface area contributed by atoms with Gasteiger partial charge in [0.1, 0.15) is 12.4 Å². The van der Waals surface area contributed by atoms with Gasteiger partial charge in [-0.25, -0.2) is 0 Å². The van der Waals surface area contributed by atoms with Gasteiger partial charge in [0, 0.05) is 22.7 Å². The van der Waals surface area contributed by atoms with Crippen LogP contribution in [0.25, 0.3) is 17.0 Å². The molecule has 0 aliphatic carbocycles. The summed E-state index contributed by atoms with van der Waals surface area (Å²) in [4.78, 5) is 16.3. The third-order valence-corrected chi connectivity index (χ3v) is 5.35. The molecule has 1 aliphatic rings. The normalized spacial score (nSPS) is 15.4. The van der Waals surface area contributed by atoms with Crippen LogP contribution in [-0.4, -0.2) is 22.2 Å². The van der Waals surface area contributed by atoms with Crippen molar-refractivity contribution in [1.82, 2.24) is 4.57 Å². The lowest BCUT2D eigenvalue weighted by Gasteiger charge is -2.10. The Morgan fingerprint density at radius 3 is 2.64 bits per heavy atom. The molecule has 6 heteroatoms. The Hall–Kier alpha value is -2.99. The Bertz CT molecular complexity index is 1110. The predicted octanol–water partition coefficient (Wildman–Crippen LogP) is 4.27. The maximum atomic E-state index is 11.9. The van der Waals surface area contributed by atoms with Gasteiger partial charge in [0.05, 0.1) is 11.4 Å². The van der Waals surface area contributed by atoms with Crippen LogP contribution in [0.5, 0.6) is 5.75 Å². The number of amides is 1. The number of carbonyl (C=O) groups excluding carboxylic acids is 1. The van der Waals surface area contributed by atoms with E-state index in [1.165, 1.54) is 22.9 Å². The quantitative estimate of drug-likeness (QED) is 0.660. The Morgan fingerprint density at radius 2 is 1.93 bits per heavy atom. The highest BCUT2D eigenvalue weighted by atomic mass is 32.2. The Balaban J connectivity index is 1.56. The molecule has 0 fully saturated rings. The number of nitrogens with zero attached hydrogens (tertiary/aromatic N) is 2. The molecule has 1 aliphatic heterocycles. The van der Waals surface area contributed by atoms with Crippen molar-refractivity contribution in [3.63, 3.8) is 0 Å². The van der Waals surface area contributed by atoms with E-state index in [0.29, 0.717) is 23.2 Å². The molecule has 2 heterocycles. The maximum absolute atomic E-state index is 11.9. The monoisotopic (exact) mass is 391 g/mol. The molecule has 2 aromatic carbocycles. The summed E-state index contributed by atoms with van der Waals surface area (Å²) >= 11 is 1.21. The second-order valence-electron chi connectivity index (χ2n) is 6.83. The molecule has 0 saturated heterocycles. The number of nitrogens with two attached hydrogens (primary N) is 1. The first-order valence-corrected chi connectivity index (χ1v) is 9.88. The van der Waals surface area contributed by atoms with Crippen molar-refractivity contribution in [2.75, 3.05) is 6.61 Å². The second-order valence-corrected chi connectivity index (χ2v) is 7.89. The van der Waals surface area contributed by atoms with Crippen LogP contribution in [0.2, 0.25) is 0 Å². The van der Waals surface area contributed by atoms with Crippen LogP contribution in [0.15, 0.2) is 58.6 Å². The fraction of sp³-hybridized carbons (Fsp3) is 0.182. The van der Waals surface area contributed by atoms with Gasteiger partial charge in [0.15, 0.2) is 5.17 Å². The van der Waals surface area contributed by atoms with E-state index in [-0.39, 0.29) is 5.91 Å². The average molecular weight is 391 g/mol. The lowest BCUT2D eigenvalue weighted by atomic mass is 10.1. The van der Waals surface area contributed by atoms with Crippen molar-refractivity contribution in [1.29, 1.82) is 0 Å². The number of aliphatic imine (C=N–C) groups is 1. The third-order valence-electron chi connectivity index (χ3n) is 4.54. The minimum atomic E-state index is -0.280. The molecule has 2 N–H and O–H groups in total. The molecule has 28 heavy (non-hydrogen) atoms. The fourth-order valence-electron chi connectivity index (χ4n) is 3.42. The number of aromatic nitrogens is 1. The highest BCUT2D eigenvalue weighted by molar-refractivity contribution is 8.18. The molecule has 142 valence electrons. The van der Waals surface area contributed by atoms with Crippen LogP contribution < -0.4 is 10.5 Å². The molecule has 0 spiro atoms. The smallest absolute Gasteiger partial charge is 0.286 e. The van der Waals surface area contributed by atoms with Gasteiger partial charge in [0.25, 0.3) is 5.91 Å². The molecule has 1 amide bonds. The van der Waals surface area contributed by atoms with Crippen LogP contribution in [0.3, 0.4) is 0 Å². The highest BCUT2D eigenvalue weighted by Gasteiger charge is 2.20. The van der Waals surface area contributed by atoms with Crippen LogP contribution in [0, 0.1) is 13.8 Å². The number of rotatable bonds is 5. The zero-order chi connectivity index (χ0) is 19.7. The molecular weight excluding hydrogens is 370 g/mol. The molecule has 1 aromatic heterocycles. The number of amidine groups is 1. The van der Waals surface area contributed by atoms with Gasteiger partial charge >= 0.3 is 0 Å². The zero-order valence-electron chi connectivity index (χ0n) is 15.8. The van der Waals surface area contributed by atoms with E-state index in [1.54, 1.807) is 0 Å². The number of hydrogen-bond acceptors (Lipinski definition) is 4. The second kappa shape index (κ2) is 7.56. The Kier molecular flexibility index (Phi) is 4.96. The number of aryl methyl sites for hydroxylation is 2. The van der Waals surface area contributed by atoms with Gasteiger partial charge in [-0.2, -0.15) is 4.99 Å². The van der Waals surface area contributed by atoms with E-state index in [2.05, 4.69) is 41.6 Å². The third kappa shape index (κ3) is 3.82. The highest BCUT2D eigenvalue weighted by Crippen LogP contribution is 2.30. The summed E-state index contributed by atoms with van der Waals surface area (Å²) in [5.74, 6) is 0.606. The van der Waals surface area contributed by atoms with E-state index in [4.69, 9.17) is 10.5 Å². The fourth-order valence-corrected chi connectivity index (χ4v) is 4.09. The van der Waals surface area contributed by atoms with Crippen LogP contribution in [0.4, 0.5) is 0 Å². The van der Waals surface area contributed by atoms with Gasteiger partial charge in [-0.05, 0) is 61.0 Å². The Labute approximate surface area is 167 Å². The number of hydrogen-bond donors (Lipinski definition) is 1. The molecule has 4 rings (SSSR count). The lowest BCUT2D eigenvalue weighted by molar-refractivity contribution is -0.113. The average Bonchev–Trinajstić information content (AvgIpc) is 3.14. The number of thioether (sulfide) groups is 1. The van der Waals surface area contributed by atoms with Gasteiger partial charge in [-0.1, -0.05) is 24.3 Å². The molecule has 0 atom stereocenters. The largest absolute Gasteiger partial charge is 0.492 e. The Morgan fingerprint density at radius 1 is 1.18 bits per heavy atom. The van der Waals surface area contributed by atoms with Crippen LogP contribution in [-0.2, 0) is 11.3 Å². The van der Waals surface area contributed by atoms with Gasteiger partial charge in [0.2, 0.25) is 0 Å². The summed E-state index contributed by atoms with van der Waals surface area (Å²) < 4.78 is 8.12. The van der Waals surface area contributed by atoms with Crippen LogP contribution >= 0.6 is 11.8 Å². The van der Waals surface area contributed by atoms with E-state index in [9.17, 15) is 4.79 Å². The maximum Gasteiger partial charge on any atom is 0.286 e. The summed E-state index contributed by atoms with van der Waals surface area (Å²) in [7, 11) is 0. The van der Waals surface area contributed by atoms with Crippen molar-refractivity contribution in [3.05, 3.63) is 70.3 Å². The van der Waals surface area contributed by atoms with Gasteiger partial charge in [-0.15, -0.1) is 0 Å². The van der Waals surface area contributed by atoms with E-state index < -0.39 is 0 Å². The number of carbonyl (C=O) groups is 1. The standard InChI is InChI=1S/C22H21N3O2S/c1-14-9-15(2)11-17(10-14)27-8-7-25-13-16(18-5-3-4-6-19(18)25)12-20-21(26)24-22(23)28-20/h3-6,9-13H,7-8H2,1-2H3,(H2,23,24,26). The topological polar surface area (TPSA) is 69.6 Å². The summed E-state index contributed by atoms with van der Waals surface area (Å²) in [5, 5.41) is 1.38. The summed E-state index contributed by atoms with van der Waals surface area (Å²) in [6.45, 7) is 5.40. The first-order chi connectivity index (χ1) is 13.5. The summed E-state index contributed by atoms with van der Waals surface area (Å²) in [5.41, 5.74) is 10.1. The molecule has 3 aromatic rings. The predicted molar refractivity (Wildman–Crippen MR) is 116 cm³/mol. The lowest BCUT2D eigenvalue weighted by Crippen LogP contribution is -2.07. The van der Waals surface area contributed by atoms with Crippen molar-refractivity contribution in [2.24, 2.45) is 10.7 Å². The molecule has 0 radical (unpaired) electrons. The summed E-state index contributed by atoms with van der Waals surface area (Å²) in [6, 6.07) is 14.4. The molecule has 0 saturated carbocycles. The first kappa shape index (κ1) is 18.4. The van der Waals surface area contributed by atoms with E-state index >= 15 is 0 Å². The van der Waals surface area contributed by atoms with Crippen molar-refractivity contribution in [2.45, 2.75) is 20.4 Å². The number of benzene rings is 2. The molecule has 0 unspecified atom stereocenters. The summed E-state index contributed by atoms with van der Waals surface area (Å²) in [6.07, 6.45) is 3.91. The molecule has 0 bridgehead atoms. The molecular formula is C22H21N3O2S. The minimum Gasteiger partial charge on any atom is -0.492 e. The van der Waals surface area contributed by atoms with E-state index in [0.717, 1.165) is 22.2 Å². The van der Waals surface area contributed by atoms with Gasteiger partial charge in [-0.3, -0.25) is 4.79 Å². The zero-order valence-corrected chi connectivity index (χ0v) is 16.6. The van der Waals surface area contributed by atoms with E-state index in [1.807, 2.05) is 36.5 Å².